The van der Waals surface area contributed by atoms with E-state index >= 15 is 0 Å². The molecule has 3 rings (SSSR count). The molecule has 0 aliphatic carbocycles. The maximum atomic E-state index is 2.12. The Balaban J connectivity index is 0.000000259. The second kappa shape index (κ2) is 11.5. The molecule has 19 heavy (non-hydrogen) atoms. The minimum atomic E-state index is 0. The van der Waals surface area contributed by atoms with Gasteiger partial charge in [0.25, 0.3) is 0 Å². The van der Waals surface area contributed by atoms with E-state index in [4.69, 9.17) is 0 Å². The predicted octanol–water partition coefficient (Wildman–Crippen LogP) is 5.11. The van der Waals surface area contributed by atoms with Crippen LogP contribution in [0.25, 0.3) is 0 Å². The quantitative estimate of drug-likeness (QED) is 0.505. The van der Waals surface area contributed by atoms with Crippen LogP contribution in [0.4, 0.5) is 0 Å². The van der Waals surface area contributed by atoms with Gasteiger partial charge in [0.15, 0.2) is 0 Å². The average molecular weight is 295 g/mol. The fraction of sp³-hybridized carbons (Fsp3) is 0.111. The van der Waals surface area contributed by atoms with Crippen molar-refractivity contribution in [2.75, 3.05) is 0 Å². The van der Waals surface area contributed by atoms with Crippen molar-refractivity contribution in [3.63, 3.8) is 0 Å². The molecule has 0 atom stereocenters. The van der Waals surface area contributed by atoms with Gasteiger partial charge in [-0.05, 0) is 25.0 Å². The van der Waals surface area contributed by atoms with Crippen molar-refractivity contribution in [2.24, 2.45) is 0 Å². The number of benzene rings is 1. The smallest absolute Gasteiger partial charge is 0.214 e. The van der Waals surface area contributed by atoms with Crippen LogP contribution in [0, 0.1) is 13.8 Å². The Hall–Kier alpha value is -1.57. The Kier molecular flexibility index (Phi) is 10.6. The van der Waals surface area contributed by atoms with E-state index < -0.39 is 0 Å². The van der Waals surface area contributed by atoms with Crippen molar-refractivity contribution in [1.82, 2.24) is 0 Å². The number of hydrogen-bond acceptors (Lipinski definition) is 0. The molecule has 0 nitrogen and oxygen atoms in total. The van der Waals surface area contributed by atoms with E-state index in [9.17, 15) is 0 Å². The zero-order valence-electron chi connectivity index (χ0n) is 11.4. The fourth-order valence-electron chi connectivity index (χ4n) is 1.30. The molecule has 0 heterocycles. The second-order valence-electron chi connectivity index (χ2n) is 4.01. The summed E-state index contributed by atoms with van der Waals surface area (Å²) < 4.78 is 0. The van der Waals surface area contributed by atoms with E-state index in [1.807, 2.05) is 60.7 Å². The molecule has 3 aromatic rings. The summed E-state index contributed by atoms with van der Waals surface area (Å²) in [4.78, 5) is 0. The summed E-state index contributed by atoms with van der Waals surface area (Å²) in [7, 11) is 0. The molecular weight excluding hydrogens is 275 g/mol. The van der Waals surface area contributed by atoms with E-state index in [-0.39, 0.29) is 16.8 Å². The summed E-state index contributed by atoms with van der Waals surface area (Å²) >= 11 is 0. The van der Waals surface area contributed by atoms with Crippen LogP contribution >= 0.6 is 0 Å². The molecule has 101 valence electrons. The van der Waals surface area contributed by atoms with Crippen LogP contribution in [-0.4, -0.2) is 0 Å². The first kappa shape index (κ1) is 17.4. The third kappa shape index (κ3) is 9.06. The van der Waals surface area contributed by atoms with E-state index in [0.29, 0.717) is 0 Å². The Morgan fingerprint density at radius 1 is 0.579 bits per heavy atom. The summed E-state index contributed by atoms with van der Waals surface area (Å²) in [5.74, 6) is 0. The summed E-state index contributed by atoms with van der Waals surface area (Å²) in [6.07, 6.45) is 0. The minimum absolute atomic E-state index is 0. The molecule has 0 spiro atoms. The van der Waals surface area contributed by atoms with Crippen molar-refractivity contribution >= 4 is 0 Å². The Morgan fingerprint density at radius 2 is 0.895 bits per heavy atom. The van der Waals surface area contributed by atoms with E-state index in [2.05, 4.69) is 38.1 Å². The maximum Gasteiger partial charge on any atom is 2.00 e. The number of hydrogen-bond donors (Lipinski definition) is 0. The van der Waals surface area contributed by atoms with E-state index in [1.54, 1.807) is 0 Å². The van der Waals surface area contributed by atoms with E-state index in [1.165, 1.54) is 11.1 Å². The van der Waals surface area contributed by atoms with Gasteiger partial charge < -0.3 is 0 Å². The Labute approximate surface area is 127 Å². The molecule has 0 N–H and O–H groups in total. The van der Waals surface area contributed by atoms with Crippen LogP contribution in [0.15, 0.2) is 84.9 Å². The molecule has 0 unspecified atom stereocenters. The van der Waals surface area contributed by atoms with Crippen molar-refractivity contribution in [3.8, 4) is 0 Å². The van der Waals surface area contributed by atoms with Crippen molar-refractivity contribution < 1.29 is 16.8 Å². The van der Waals surface area contributed by atoms with Crippen molar-refractivity contribution in [3.05, 3.63) is 96.1 Å². The monoisotopic (exact) mass is 295 g/mol. The van der Waals surface area contributed by atoms with Gasteiger partial charge in [0.2, 0.25) is 0 Å². The Morgan fingerprint density at radius 3 is 1.05 bits per heavy atom. The van der Waals surface area contributed by atoms with Gasteiger partial charge in [0.1, 0.15) is 0 Å². The van der Waals surface area contributed by atoms with Gasteiger partial charge in [0, 0.05) is 0 Å². The molecular formula is C18H20Co. The van der Waals surface area contributed by atoms with Crippen LogP contribution in [0.5, 0.6) is 0 Å². The molecule has 0 saturated carbocycles. The zero-order chi connectivity index (χ0) is 13.1. The molecule has 0 bridgehead atoms. The molecule has 0 aromatic heterocycles. The topological polar surface area (TPSA) is 0 Å². The first-order valence-corrected chi connectivity index (χ1v) is 6.16. The molecule has 0 fully saturated rings. The molecule has 1 radical (unpaired) electrons. The standard InChI is InChI=1S/C8H10.2C5H5.Co/c1-7-5-3-4-6-8(7)2;2*1-2-4-5-3-1;/h3-6H,1-2H3;2*1-5H;/q;2*-1;+2. The number of rotatable bonds is 0. The molecule has 0 aliphatic heterocycles. The van der Waals surface area contributed by atoms with Gasteiger partial charge in [-0.25, -0.2) is 24.3 Å². The summed E-state index contributed by atoms with van der Waals surface area (Å²) in [5.41, 5.74) is 2.74. The van der Waals surface area contributed by atoms with Gasteiger partial charge in [-0.1, -0.05) is 24.3 Å². The molecule has 3 aromatic carbocycles. The van der Waals surface area contributed by atoms with Gasteiger partial charge in [-0.15, -0.1) is 0 Å². The molecule has 0 saturated heterocycles. The SMILES string of the molecule is Cc1ccccc1C.[Co+2].c1cc[cH-]c1.c1cc[cH-]c1. The van der Waals surface area contributed by atoms with Crippen LogP contribution in [0.1, 0.15) is 11.1 Å². The van der Waals surface area contributed by atoms with Crippen LogP contribution in [0.3, 0.4) is 0 Å². The van der Waals surface area contributed by atoms with Gasteiger partial charge in [-0.2, -0.15) is 36.4 Å². The maximum absolute atomic E-state index is 2.12. The zero-order valence-corrected chi connectivity index (χ0v) is 12.5. The van der Waals surface area contributed by atoms with Crippen LogP contribution < -0.4 is 0 Å². The minimum Gasteiger partial charge on any atom is -0.214 e. The van der Waals surface area contributed by atoms with Crippen molar-refractivity contribution in [2.45, 2.75) is 13.8 Å². The first-order valence-electron chi connectivity index (χ1n) is 6.16. The van der Waals surface area contributed by atoms with Crippen molar-refractivity contribution in [1.29, 1.82) is 0 Å². The average Bonchev–Trinajstić information content (AvgIpc) is 3.11. The molecule has 0 aliphatic rings. The Bertz CT molecular complexity index is 396. The second-order valence-corrected chi connectivity index (χ2v) is 4.01. The third-order valence-corrected chi connectivity index (χ3v) is 2.54. The van der Waals surface area contributed by atoms with Gasteiger partial charge in [0.05, 0.1) is 0 Å². The van der Waals surface area contributed by atoms with Crippen LogP contribution in [-0.2, 0) is 16.8 Å². The largest absolute Gasteiger partial charge is 2.00 e. The predicted molar refractivity (Wildman–Crippen MR) is 80.0 cm³/mol. The summed E-state index contributed by atoms with van der Waals surface area (Å²) in [5, 5.41) is 0. The third-order valence-electron chi connectivity index (χ3n) is 2.54. The van der Waals surface area contributed by atoms with Crippen LogP contribution in [0.2, 0.25) is 0 Å². The molecule has 0 amide bonds. The summed E-state index contributed by atoms with van der Waals surface area (Å²) in [6, 6.07) is 28.4. The number of aryl methyl sites for hydroxylation is 2. The summed E-state index contributed by atoms with van der Waals surface area (Å²) in [6.45, 7) is 4.24. The van der Waals surface area contributed by atoms with E-state index in [0.717, 1.165) is 0 Å². The normalized spacial score (nSPS) is 8.11. The fourth-order valence-corrected chi connectivity index (χ4v) is 1.30. The van der Waals surface area contributed by atoms with Gasteiger partial charge >= 0.3 is 16.8 Å². The van der Waals surface area contributed by atoms with Gasteiger partial charge in [-0.3, -0.25) is 0 Å². The first-order chi connectivity index (χ1) is 8.80. The molecule has 1 heteroatoms.